The van der Waals surface area contributed by atoms with E-state index in [0.717, 1.165) is 45.4 Å². The molecule has 1 atom stereocenters. The summed E-state index contributed by atoms with van der Waals surface area (Å²) in [5.74, 6) is 1.05. The van der Waals surface area contributed by atoms with Gasteiger partial charge in [0.15, 0.2) is 5.96 Å². The highest BCUT2D eigenvalue weighted by atomic mass is 32.2. The highest BCUT2D eigenvalue weighted by Gasteiger charge is 2.42. The quantitative estimate of drug-likeness (QED) is 0.522. The summed E-state index contributed by atoms with van der Waals surface area (Å²) in [6.07, 6.45) is 4.52. The molecule has 0 aromatic heterocycles. The second kappa shape index (κ2) is 7.58. The maximum absolute atomic E-state index is 5.63. The van der Waals surface area contributed by atoms with Gasteiger partial charge in [0, 0.05) is 36.6 Å². The van der Waals surface area contributed by atoms with E-state index in [4.69, 9.17) is 9.73 Å². The third-order valence-corrected chi connectivity index (χ3v) is 5.57. The average Bonchev–Trinajstić information content (AvgIpc) is 3.22. The lowest BCUT2D eigenvalue weighted by molar-refractivity contribution is 0.156. The number of hydrogen-bond acceptors (Lipinski definition) is 3. The molecule has 0 radical (unpaired) electrons. The van der Waals surface area contributed by atoms with E-state index in [1.807, 2.05) is 0 Å². The summed E-state index contributed by atoms with van der Waals surface area (Å²) in [6, 6.07) is 8.69. The third kappa shape index (κ3) is 4.01. The van der Waals surface area contributed by atoms with Crippen molar-refractivity contribution < 1.29 is 4.74 Å². The van der Waals surface area contributed by atoms with Crippen LogP contribution in [0.1, 0.15) is 25.3 Å². The molecule has 1 aromatic carbocycles. The third-order valence-electron chi connectivity index (χ3n) is 4.83. The van der Waals surface area contributed by atoms with Crippen LogP contribution >= 0.6 is 11.8 Å². The Labute approximate surface area is 143 Å². The molecule has 2 saturated heterocycles. The number of nitrogens with one attached hydrogen (secondary N) is 1. The van der Waals surface area contributed by atoms with Gasteiger partial charge in [-0.1, -0.05) is 12.1 Å². The Kier molecular flexibility index (Phi) is 5.49. The van der Waals surface area contributed by atoms with Gasteiger partial charge in [-0.25, -0.2) is 4.99 Å². The molecule has 0 aliphatic carbocycles. The fourth-order valence-corrected chi connectivity index (χ4v) is 3.82. The number of benzene rings is 1. The van der Waals surface area contributed by atoms with Crippen molar-refractivity contribution in [3.63, 3.8) is 0 Å². The number of thioether (sulfide) groups is 1. The zero-order chi connectivity index (χ0) is 16.1. The molecule has 2 aliphatic heterocycles. The Balaban J connectivity index is 1.65. The molecule has 1 aromatic rings. The van der Waals surface area contributed by atoms with E-state index in [9.17, 15) is 0 Å². The Morgan fingerprint density at radius 2 is 2.17 bits per heavy atom. The van der Waals surface area contributed by atoms with E-state index in [0.29, 0.717) is 5.41 Å². The Hall–Kier alpha value is -1.20. The van der Waals surface area contributed by atoms with Gasteiger partial charge in [0.05, 0.1) is 13.2 Å². The molecule has 1 N–H and O–H groups in total. The molecular weight excluding hydrogens is 306 g/mol. The minimum atomic E-state index is 0.371. The Morgan fingerprint density at radius 1 is 1.35 bits per heavy atom. The maximum Gasteiger partial charge on any atom is 0.194 e. The summed E-state index contributed by atoms with van der Waals surface area (Å²) in [7, 11) is 0. The SMILES string of the molecule is CCNC(=NCc1ccc(SC)cc1)N1CCC2(CCOC2)C1. The van der Waals surface area contributed by atoms with Gasteiger partial charge in [0.25, 0.3) is 0 Å². The van der Waals surface area contributed by atoms with Crippen LogP contribution in [0.2, 0.25) is 0 Å². The Bertz CT molecular complexity index is 538. The van der Waals surface area contributed by atoms with Crippen molar-refractivity contribution in [2.75, 3.05) is 39.1 Å². The molecule has 0 saturated carbocycles. The number of guanidine groups is 1. The number of hydrogen-bond donors (Lipinski definition) is 1. The normalized spacial score (nSPS) is 24.6. The fraction of sp³-hybridized carbons (Fsp3) is 0.611. The van der Waals surface area contributed by atoms with Crippen molar-refractivity contribution in [1.82, 2.24) is 10.2 Å². The number of likely N-dealkylation sites (tertiary alicyclic amines) is 1. The van der Waals surface area contributed by atoms with Crippen LogP contribution in [0, 0.1) is 5.41 Å². The van der Waals surface area contributed by atoms with Gasteiger partial charge in [-0.05, 0) is 43.7 Å². The zero-order valence-electron chi connectivity index (χ0n) is 14.2. The first-order chi connectivity index (χ1) is 11.2. The maximum atomic E-state index is 5.63. The van der Waals surface area contributed by atoms with Gasteiger partial charge < -0.3 is 15.0 Å². The van der Waals surface area contributed by atoms with Crippen LogP contribution in [0.25, 0.3) is 0 Å². The van der Waals surface area contributed by atoms with Crippen LogP contribution < -0.4 is 5.32 Å². The predicted molar refractivity (Wildman–Crippen MR) is 97.1 cm³/mol. The molecule has 3 rings (SSSR count). The van der Waals surface area contributed by atoms with Gasteiger partial charge in [-0.2, -0.15) is 0 Å². The molecule has 2 fully saturated rings. The topological polar surface area (TPSA) is 36.9 Å². The monoisotopic (exact) mass is 333 g/mol. The summed E-state index contributed by atoms with van der Waals surface area (Å²) < 4.78 is 5.63. The number of rotatable bonds is 4. The van der Waals surface area contributed by atoms with Crippen LogP contribution in [0.15, 0.2) is 34.2 Å². The van der Waals surface area contributed by atoms with Crippen molar-refractivity contribution in [2.24, 2.45) is 10.4 Å². The first-order valence-corrected chi connectivity index (χ1v) is 9.71. The molecule has 126 valence electrons. The summed E-state index contributed by atoms with van der Waals surface area (Å²) in [4.78, 5) is 8.57. The van der Waals surface area contributed by atoms with Crippen LogP contribution in [-0.2, 0) is 11.3 Å². The van der Waals surface area contributed by atoms with Crippen LogP contribution in [0.5, 0.6) is 0 Å². The first kappa shape index (κ1) is 16.7. The minimum Gasteiger partial charge on any atom is -0.381 e. The average molecular weight is 334 g/mol. The van der Waals surface area contributed by atoms with Crippen molar-refractivity contribution in [1.29, 1.82) is 0 Å². The van der Waals surface area contributed by atoms with E-state index >= 15 is 0 Å². The second-order valence-electron chi connectivity index (χ2n) is 6.49. The van der Waals surface area contributed by atoms with Gasteiger partial charge in [-0.3, -0.25) is 0 Å². The highest BCUT2D eigenvalue weighted by molar-refractivity contribution is 7.98. The summed E-state index contributed by atoms with van der Waals surface area (Å²) in [6.45, 7) is 7.77. The number of nitrogens with zero attached hydrogens (tertiary/aromatic N) is 2. The van der Waals surface area contributed by atoms with E-state index in [1.165, 1.54) is 23.3 Å². The first-order valence-electron chi connectivity index (χ1n) is 8.49. The molecule has 23 heavy (non-hydrogen) atoms. The van der Waals surface area contributed by atoms with Crippen molar-refractivity contribution in [3.05, 3.63) is 29.8 Å². The molecule has 2 aliphatic rings. The number of aliphatic imine (C=N–C) groups is 1. The van der Waals surface area contributed by atoms with Gasteiger partial charge in [-0.15, -0.1) is 11.8 Å². The van der Waals surface area contributed by atoms with Gasteiger partial charge >= 0.3 is 0 Å². The molecule has 4 nitrogen and oxygen atoms in total. The summed E-state index contributed by atoms with van der Waals surface area (Å²) >= 11 is 1.77. The van der Waals surface area contributed by atoms with E-state index < -0.39 is 0 Å². The lowest BCUT2D eigenvalue weighted by atomic mass is 9.87. The smallest absolute Gasteiger partial charge is 0.194 e. The van der Waals surface area contributed by atoms with Crippen molar-refractivity contribution >= 4 is 17.7 Å². The fourth-order valence-electron chi connectivity index (χ4n) is 3.41. The molecule has 5 heteroatoms. The second-order valence-corrected chi connectivity index (χ2v) is 7.37. The molecule has 1 spiro atoms. The van der Waals surface area contributed by atoms with Gasteiger partial charge in [0.1, 0.15) is 0 Å². The molecule has 0 amide bonds. The van der Waals surface area contributed by atoms with E-state index in [-0.39, 0.29) is 0 Å². The molecule has 1 unspecified atom stereocenters. The lowest BCUT2D eigenvalue weighted by Crippen LogP contribution is -2.41. The van der Waals surface area contributed by atoms with Crippen molar-refractivity contribution in [3.8, 4) is 0 Å². The standard InChI is InChI=1S/C18H27N3OS/c1-3-19-17(20-12-15-4-6-16(23-2)7-5-15)21-10-8-18(13-21)9-11-22-14-18/h4-7H,3,8-14H2,1-2H3,(H,19,20). The molecular formula is C18H27N3OS. The van der Waals surface area contributed by atoms with E-state index in [2.05, 4.69) is 47.7 Å². The minimum absolute atomic E-state index is 0.371. The van der Waals surface area contributed by atoms with Crippen LogP contribution in [0.3, 0.4) is 0 Å². The van der Waals surface area contributed by atoms with Crippen LogP contribution in [-0.4, -0.2) is 50.0 Å². The van der Waals surface area contributed by atoms with Crippen molar-refractivity contribution in [2.45, 2.75) is 31.2 Å². The van der Waals surface area contributed by atoms with E-state index in [1.54, 1.807) is 11.8 Å². The summed E-state index contributed by atoms with van der Waals surface area (Å²) in [5, 5.41) is 3.45. The predicted octanol–water partition coefficient (Wildman–Crippen LogP) is 2.99. The zero-order valence-corrected chi connectivity index (χ0v) is 15.0. The van der Waals surface area contributed by atoms with Crippen LogP contribution in [0.4, 0.5) is 0 Å². The Morgan fingerprint density at radius 3 is 2.83 bits per heavy atom. The summed E-state index contributed by atoms with van der Waals surface area (Å²) in [5.41, 5.74) is 1.63. The highest BCUT2D eigenvalue weighted by Crippen LogP contribution is 2.38. The van der Waals surface area contributed by atoms with Gasteiger partial charge in [0.2, 0.25) is 0 Å². The lowest BCUT2D eigenvalue weighted by Gasteiger charge is -2.25. The molecule has 0 bridgehead atoms. The number of ether oxygens (including phenoxy) is 1. The molecule has 2 heterocycles. The largest absolute Gasteiger partial charge is 0.381 e.